The summed E-state index contributed by atoms with van der Waals surface area (Å²) in [5.74, 6) is -0.969. The van der Waals surface area contributed by atoms with Crippen molar-refractivity contribution in [2.45, 2.75) is 6.92 Å². The number of nitriles is 1. The van der Waals surface area contributed by atoms with E-state index in [-0.39, 0.29) is 16.9 Å². The molecule has 0 aliphatic rings. The van der Waals surface area contributed by atoms with Crippen LogP contribution in [0.1, 0.15) is 21.5 Å². The highest BCUT2D eigenvalue weighted by Gasteiger charge is 2.16. The van der Waals surface area contributed by atoms with Gasteiger partial charge >= 0.3 is 0 Å². The molecule has 0 radical (unpaired) electrons. The minimum atomic E-state index is -0.613. The lowest BCUT2D eigenvalue weighted by Crippen LogP contribution is -2.16. The summed E-state index contributed by atoms with van der Waals surface area (Å²) in [7, 11) is 1.59. The third-order valence-electron chi connectivity index (χ3n) is 2.66. The van der Waals surface area contributed by atoms with Gasteiger partial charge in [-0.15, -0.1) is 0 Å². The van der Waals surface area contributed by atoms with Gasteiger partial charge in [0, 0.05) is 7.05 Å². The Bertz CT molecular complexity index is 684. The Morgan fingerprint density at radius 2 is 2.26 bits per heavy atom. The van der Waals surface area contributed by atoms with Crippen molar-refractivity contribution >= 4 is 11.7 Å². The van der Waals surface area contributed by atoms with E-state index in [1.807, 2.05) is 6.07 Å². The molecule has 0 aliphatic carbocycles. The molecule has 0 bridgehead atoms. The van der Waals surface area contributed by atoms with E-state index in [1.165, 1.54) is 23.0 Å². The van der Waals surface area contributed by atoms with Crippen molar-refractivity contribution in [2.24, 2.45) is 7.05 Å². The Balaban J connectivity index is 2.31. The molecule has 0 fully saturated rings. The molecule has 6 heteroatoms. The molecule has 0 saturated carbocycles. The zero-order valence-electron chi connectivity index (χ0n) is 10.4. The number of carbonyl (C=O) groups excluding carboxylic acids is 1. The maximum atomic E-state index is 13.7. The molecular formula is C13H11FN4O. The smallest absolute Gasteiger partial charge is 0.259 e. The van der Waals surface area contributed by atoms with Gasteiger partial charge in [-0.2, -0.15) is 10.4 Å². The van der Waals surface area contributed by atoms with Crippen LogP contribution in [-0.2, 0) is 7.05 Å². The largest absolute Gasteiger partial charge is 0.306 e. The third kappa shape index (κ3) is 2.45. The highest BCUT2D eigenvalue weighted by molar-refractivity contribution is 6.04. The van der Waals surface area contributed by atoms with Crippen LogP contribution in [0.15, 0.2) is 24.4 Å². The van der Waals surface area contributed by atoms with Crippen molar-refractivity contribution < 1.29 is 9.18 Å². The van der Waals surface area contributed by atoms with Gasteiger partial charge in [-0.1, -0.05) is 6.07 Å². The Morgan fingerprint density at radius 1 is 1.53 bits per heavy atom. The van der Waals surface area contributed by atoms with Gasteiger partial charge in [-0.05, 0) is 24.6 Å². The second-order valence-electron chi connectivity index (χ2n) is 4.08. The fourth-order valence-electron chi connectivity index (χ4n) is 1.65. The minimum Gasteiger partial charge on any atom is -0.306 e. The van der Waals surface area contributed by atoms with Gasteiger partial charge in [0.15, 0.2) is 0 Å². The Labute approximate surface area is 109 Å². The van der Waals surface area contributed by atoms with E-state index in [0.29, 0.717) is 0 Å². The molecule has 0 unspecified atom stereocenters. The average Bonchev–Trinajstić information content (AvgIpc) is 2.70. The second-order valence-corrected chi connectivity index (χ2v) is 4.08. The first-order chi connectivity index (χ1) is 9.02. The minimum absolute atomic E-state index is 0.0734. The molecule has 19 heavy (non-hydrogen) atoms. The van der Waals surface area contributed by atoms with E-state index in [2.05, 4.69) is 10.4 Å². The third-order valence-corrected chi connectivity index (χ3v) is 2.66. The van der Waals surface area contributed by atoms with Crippen molar-refractivity contribution in [2.75, 3.05) is 5.32 Å². The summed E-state index contributed by atoms with van der Waals surface area (Å²) in [4.78, 5) is 12.0. The lowest BCUT2D eigenvalue weighted by Gasteiger charge is -2.07. The molecule has 0 aliphatic heterocycles. The molecule has 0 spiro atoms. The number of rotatable bonds is 2. The van der Waals surface area contributed by atoms with Crippen LogP contribution in [0, 0.1) is 24.1 Å². The number of halogens is 1. The van der Waals surface area contributed by atoms with Gasteiger partial charge in [0.2, 0.25) is 0 Å². The van der Waals surface area contributed by atoms with E-state index < -0.39 is 11.7 Å². The number of nitrogens with one attached hydrogen (secondary N) is 1. The van der Waals surface area contributed by atoms with Gasteiger partial charge < -0.3 is 5.32 Å². The molecule has 1 aromatic heterocycles. The van der Waals surface area contributed by atoms with Crippen LogP contribution < -0.4 is 5.32 Å². The fourth-order valence-corrected chi connectivity index (χ4v) is 1.65. The number of benzene rings is 1. The normalized spacial score (nSPS) is 10.0. The molecule has 1 amide bonds. The van der Waals surface area contributed by atoms with Gasteiger partial charge in [0.05, 0.1) is 11.8 Å². The van der Waals surface area contributed by atoms with Gasteiger partial charge in [0.25, 0.3) is 5.91 Å². The summed E-state index contributed by atoms with van der Waals surface area (Å²) in [5, 5.41) is 15.2. The molecule has 2 rings (SSSR count). The first-order valence-corrected chi connectivity index (χ1v) is 5.52. The predicted molar refractivity (Wildman–Crippen MR) is 67.0 cm³/mol. The zero-order chi connectivity index (χ0) is 14.0. The Morgan fingerprint density at radius 3 is 2.89 bits per heavy atom. The Hall–Kier alpha value is -2.68. The second kappa shape index (κ2) is 4.90. The topological polar surface area (TPSA) is 70.7 Å². The number of nitrogens with zero attached hydrogens (tertiary/aromatic N) is 3. The molecule has 1 aromatic carbocycles. The quantitative estimate of drug-likeness (QED) is 0.895. The monoisotopic (exact) mass is 258 g/mol. The standard InChI is InChI=1S/C13H11FN4O/c1-8-3-4-10(11(14)5-8)13(19)17-12-9(6-15)7-16-18(12)2/h3-5,7H,1-2H3,(H,17,19). The molecule has 96 valence electrons. The molecule has 0 atom stereocenters. The number of carbonyl (C=O) groups is 1. The first kappa shape index (κ1) is 12.8. The molecule has 0 saturated heterocycles. The number of hydrogen-bond donors (Lipinski definition) is 1. The van der Waals surface area contributed by atoms with E-state index in [4.69, 9.17) is 5.26 Å². The molecule has 2 aromatic rings. The highest BCUT2D eigenvalue weighted by Crippen LogP contribution is 2.16. The van der Waals surface area contributed by atoms with Crippen LogP contribution in [0.25, 0.3) is 0 Å². The number of hydrogen-bond acceptors (Lipinski definition) is 3. The summed E-state index contributed by atoms with van der Waals surface area (Å²) in [6, 6.07) is 6.24. The van der Waals surface area contributed by atoms with E-state index in [9.17, 15) is 9.18 Å². The van der Waals surface area contributed by atoms with Crippen molar-refractivity contribution in [3.05, 3.63) is 46.9 Å². The average molecular weight is 258 g/mol. The molecule has 1 N–H and O–H groups in total. The van der Waals surface area contributed by atoms with Crippen molar-refractivity contribution in [3.8, 4) is 6.07 Å². The van der Waals surface area contributed by atoms with Gasteiger partial charge in [-0.25, -0.2) is 4.39 Å². The number of amides is 1. The number of aromatic nitrogens is 2. The van der Waals surface area contributed by atoms with Crippen molar-refractivity contribution in [1.82, 2.24) is 9.78 Å². The lowest BCUT2D eigenvalue weighted by atomic mass is 10.1. The molecule has 1 heterocycles. The van der Waals surface area contributed by atoms with Crippen LogP contribution in [0.4, 0.5) is 10.2 Å². The summed E-state index contributed by atoms with van der Waals surface area (Å²) in [6.45, 7) is 1.74. The highest BCUT2D eigenvalue weighted by atomic mass is 19.1. The van der Waals surface area contributed by atoms with Gasteiger partial charge in [-0.3, -0.25) is 9.48 Å². The first-order valence-electron chi connectivity index (χ1n) is 5.52. The van der Waals surface area contributed by atoms with Crippen LogP contribution >= 0.6 is 0 Å². The van der Waals surface area contributed by atoms with E-state index in [1.54, 1.807) is 20.0 Å². The number of aryl methyl sites for hydroxylation is 2. The van der Waals surface area contributed by atoms with Crippen molar-refractivity contribution in [3.63, 3.8) is 0 Å². The summed E-state index contributed by atoms with van der Waals surface area (Å²) < 4.78 is 15.0. The van der Waals surface area contributed by atoms with Crippen molar-refractivity contribution in [1.29, 1.82) is 5.26 Å². The molecule has 5 nitrogen and oxygen atoms in total. The predicted octanol–water partition coefficient (Wildman–Crippen LogP) is 1.99. The van der Waals surface area contributed by atoms with Crippen LogP contribution in [0.2, 0.25) is 0 Å². The summed E-state index contributed by atoms with van der Waals surface area (Å²) >= 11 is 0. The summed E-state index contributed by atoms with van der Waals surface area (Å²) in [6.07, 6.45) is 1.33. The lowest BCUT2D eigenvalue weighted by molar-refractivity contribution is 0.102. The molecular weight excluding hydrogens is 247 g/mol. The van der Waals surface area contributed by atoms with Crippen LogP contribution in [0.3, 0.4) is 0 Å². The fraction of sp³-hybridized carbons (Fsp3) is 0.154. The maximum Gasteiger partial charge on any atom is 0.259 e. The van der Waals surface area contributed by atoms with E-state index in [0.717, 1.165) is 5.56 Å². The Kier molecular flexibility index (Phi) is 3.29. The van der Waals surface area contributed by atoms with E-state index >= 15 is 0 Å². The SMILES string of the molecule is Cc1ccc(C(=O)Nc2c(C#N)cnn2C)c(F)c1. The summed E-state index contributed by atoms with van der Waals surface area (Å²) in [5.41, 5.74) is 0.881. The number of anilines is 1. The maximum absolute atomic E-state index is 13.7. The van der Waals surface area contributed by atoms with Crippen LogP contribution in [0.5, 0.6) is 0 Å². The van der Waals surface area contributed by atoms with Gasteiger partial charge in [0.1, 0.15) is 23.3 Å². The zero-order valence-corrected chi connectivity index (χ0v) is 10.4. The van der Waals surface area contributed by atoms with Crippen LogP contribution in [-0.4, -0.2) is 15.7 Å².